The molecule has 1 unspecified atom stereocenters. The van der Waals surface area contributed by atoms with E-state index >= 15 is 0 Å². The van der Waals surface area contributed by atoms with Crippen LogP contribution in [0, 0.1) is 5.92 Å². The molecule has 1 atom stereocenters. The summed E-state index contributed by atoms with van der Waals surface area (Å²) in [4.78, 5) is 18.4. The quantitative estimate of drug-likeness (QED) is 0.873. The number of nitrogens with one attached hydrogen (secondary N) is 1. The van der Waals surface area contributed by atoms with Gasteiger partial charge in [-0.15, -0.1) is 0 Å². The fraction of sp³-hybridized carbons (Fsp3) is 0.647. The van der Waals surface area contributed by atoms with E-state index in [0.29, 0.717) is 18.4 Å². The molecule has 1 aliphatic carbocycles. The molecule has 0 radical (unpaired) electrons. The monoisotopic (exact) mass is 287 g/mol. The third kappa shape index (κ3) is 4.81. The number of carbonyl (C=O) groups excluding carboxylic acids is 1. The first-order valence-electron chi connectivity index (χ1n) is 8.20. The van der Waals surface area contributed by atoms with Crippen LogP contribution in [0.1, 0.15) is 44.1 Å². The lowest BCUT2D eigenvalue weighted by molar-refractivity contribution is -0.121. The van der Waals surface area contributed by atoms with E-state index in [4.69, 9.17) is 0 Å². The summed E-state index contributed by atoms with van der Waals surface area (Å²) in [5, 5.41) is 3.08. The minimum atomic E-state index is 0.253. The minimum absolute atomic E-state index is 0.253. The Bertz CT molecular complexity index is 458. The van der Waals surface area contributed by atoms with Crippen LogP contribution in [0.15, 0.2) is 24.5 Å². The molecule has 21 heavy (non-hydrogen) atoms. The zero-order valence-electron chi connectivity index (χ0n) is 12.6. The maximum Gasteiger partial charge on any atom is 0.220 e. The van der Waals surface area contributed by atoms with Crippen LogP contribution in [-0.4, -0.2) is 34.9 Å². The first kappa shape index (κ1) is 14.5. The average Bonchev–Trinajstić information content (AvgIpc) is 3.31. The molecule has 1 saturated carbocycles. The summed E-state index contributed by atoms with van der Waals surface area (Å²) < 4.78 is 0. The number of rotatable bonds is 6. The molecular weight excluding hydrogens is 262 g/mol. The van der Waals surface area contributed by atoms with Crippen LogP contribution in [0.4, 0.5) is 0 Å². The summed E-state index contributed by atoms with van der Waals surface area (Å²) in [5.74, 6) is 0.925. The minimum Gasteiger partial charge on any atom is -0.353 e. The first-order chi connectivity index (χ1) is 10.3. The molecule has 2 fully saturated rings. The predicted octanol–water partition coefficient (Wildman–Crippen LogP) is 2.35. The average molecular weight is 287 g/mol. The fourth-order valence-corrected chi connectivity index (χ4v) is 3.14. The maximum absolute atomic E-state index is 11.8. The number of likely N-dealkylation sites (tertiary alicyclic amines) is 1. The van der Waals surface area contributed by atoms with Crippen molar-refractivity contribution < 1.29 is 4.79 Å². The highest BCUT2D eigenvalue weighted by Crippen LogP contribution is 2.23. The summed E-state index contributed by atoms with van der Waals surface area (Å²) in [5.41, 5.74) is 1.33. The van der Waals surface area contributed by atoms with E-state index in [1.54, 1.807) is 0 Å². The van der Waals surface area contributed by atoms with Gasteiger partial charge in [0.25, 0.3) is 0 Å². The Morgan fingerprint density at radius 1 is 1.29 bits per heavy atom. The lowest BCUT2D eigenvalue weighted by Crippen LogP contribution is -2.35. The van der Waals surface area contributed by atoms with Gasteiger partial charge in [0.05, 0.1) is 0 Å². The molecule has 114 valence electrons. The van der Waals surface area contributed by atoms with Crippen LogP contribution >= 0.6 is 0 Å². The number of hydrogen-bond donors (Lipinski definition) is 1. The highest BCUT2D eigenvalue weighted by molar-refractivity contribution is 5.76. The molecule has 0 spiro atoms. The number of pyridine rings is 1. The highest BCUT2D eigenvalue weighted by atomic mass is 16.1. The molecule has 0 bridgehead atoms. The zero-order valence-corrected chi connectivity index (χ0v) is 12.6. The van der Waals surface area contributed by atoms with Gasteiger partial charge in [0, 0.05) is 37.9 Å². The van der Waals surface area contributed by atoms with E-state index in [9.17, 15) is 4.79 Å². The second-order valence-corrected chi connectivity index (χ2v) is 6.48. The number of amides is 1. The molecule has 2 aliphatic rings. The van der Waals surface area contributed by atoms with Crippen molar-refractivity contribution in [1.82, 2.24) is 15.2 Å². The number of piperidine rings is 1. The Morgan fingerprint density at radius 3 is 2.86 bits per heavy atom. The Morgan fingerprint density at radius 2 is 2.10 bits per heavy atom. The normalized spacial score (nSPS) is 23.0. The fourth-order valence-electron chi connectivity index (χ4n) is 3.14. The van der Waals surface area contributed by atoms with Gasteiger partial charge in [0.15, 0.2) is 0 Å². The maximum atomic E-state index is 11.8. The van der Waals surface area contributed by atoms with E-state index in [1.807, 2.05) is 12.4 Å². The van der Waals surface area contributed by atoms with Gasteiger partial charge in [-0.2, -0.15) is 0 Å². The second-order valence-electron chi connectivity index (χ2n) is 6.48. The first-order valence-corrected chi connectivity index (χ1v) is 8.20. The van der Waals surface area contributed by atoms with Crippen LogP contribution in [-0.2, 0) is 11.3 Å². The summed E-state index contributed by atoms with van der Waals surface area (Å²) in [6.07, 6.45) is 10.3. The van der Waals surface area contributed by atoms with Crippen molar-refractivity contribution in [2.24, 2.45) is 5.92 Å². The van der Waals surface area contributed by atoms with Gasteiger partial charge in [0.1, 0.15) is 0 Å². The van der Waals surface area contributed by atoms with Crippen molar-refractivity contribution >= 4 is 5.91 Å². The SMILES string of the molecule is O=C(CCC1CCCN(Cc2ccncc2)C1)NC1CC1. The smallest absolute Gasteiger partial charge is 0.220 e. The van der Waals surface area contributed by atoms with E-state index in [0.717, 1.165) is 19.5 Å². The molecule has 3 rings (SSSR count). The zero-order chi connectivity index (χ0) is 14.5. The van der Waals surface area contributed by atoms with Crippen LogP contribution < -0.4 is 5.32 Å². The molecular formula is C17H25N3O. The molecule has 2 heterocycles. The Hall–Kier alpha value is -1.42. The lowest BCUT2D eigenvalue weighted by Gasteiger charge is -2.32. The van der Waals surface area contributed by atoms with Crippen LogP contribution in [0.2, 0.25) is 0 Å². The number of carbonyl (C=O) groups is 1. The van der Waals surface area contributed by atoms with Crippen molar-refractivity contribution in [3.8, 4) is 0 Å². The van der Waals surface area contributed by atoms with Gasteiger partial charge in [-0.3, -0.25) is 14.7 Å². The van der Waals surface area contributed by atoms with E-state index < -0.39 is 0 Å². The van der Waals surface area contributed by atoms with Gasteiger partial charge in [0.2, 0.25) is 5.91 Å². The Balaban J connectivity index is 1.41. The van der Waals surface area contributed by atoms with Crippen LogP contribution in [0.3, 0.4) is 0 Å². The molecule has 1 aromatic heterocycles. The predicted molar refractivity (Wildman–Crippen MR) is 82.6 cm³/mol. The third-order valence-electron chi connectivity index (χ3n) is 4.48. The standard InChI is InChI=1S/C17H25N3O/c21-17(19-16-4-5-16)6-3-14-2-1-11-20(12-14)13-15-7-9-18-10-8-15/h7-10,14,16H,1-6,11-13H2,(H,19,21). The largest absolute Gasteiger partial charge is 0.353 e. The number of nitrogens with zero attached hydrogens (tertiary/aromatic N) is 2. The molecule has 1 saturated heterocycles. The summed E-state index contributed by atoms with van der Waals surface area (Å²) in [6.45, 7) is 3.30. The van der Waals surface area contributed by atoms with Crippen molar-refractivity contribution in [1.29, 1.82) is 0 Å². The topological polar surface area (TPSA) is 45.2 Å². The number of aromatic nitrogens is 1. The third-order valence-corrected chi connectivity index (χ3v) is 4.48. The molecule has 1 aliphatic heterocycles. The molecule has 1 aromatic rings. The number of hydrogen-bond acceptors (Lipinski definition) is 3. The van der Waals surface area contributed by atoms with Crippen molar-refractivity contribution in [2.75, 3.05) is 13.1 Å². The van der Waals surface area contributed by atoms with E-state index in [-0.39, 0.29) is 5.91 Å². The summed E-state index contributed by atoms with van der Waals surface area (Å²) >= 11 is 0. The van der Waals surface area contributed by atoms with Gasteiger partial charge >= 0.3 is 0 Å². The van der Waals surface area contributed by atoms with Gasteiger partial charge in [-0.25, -0.2) is 0 Å². The van der Waals surface area contributed by atoms with Gasteiger partial charge < -0.3 is 5.32 Å². The van der Waals surface area contributed by atoms with Gasteiger partial charge in [-0.05, 0) is 62.3 Å². The van der Waals surface area contributed by atoms with Crippen LogP contribution in [0.5, 0.6) is 0 Å². The Kier molecular flexibility index (Phi) is 4.86. The molecule has 1 N–H and O–H groups in total. The van der Waals surface area contributed by atoms with Crippen molar-refractivity contribution in [3.63, 3.8) is 0 Å². The molecule has 4 nitrogen and oxygen atoms in total. The van der Waals surface area contributed by atoms with E-state index in [2.05, 4.69) is 27.3 Å². The Labute approximate surface area is 126 Å². The summed E-state index contributed by atoms with van der Waals surface area (Å²) in [6, 6.07) is 4.67. The van der Waals surface area contributed by atoms with E-state index in [1.165, 1.54) is 37.8 Å². The molecule has 4 heteroatoms. The second kappa shape index (κ2) is 7.03. The lowest BCUT2D eigenvalue weighted by atomic mass is 9.93. The highest BCUT2D eigenvalue weighted by Gasteiger charge is 2.24. The van der Waals surface area contributed by atoms with Gasteiger partial charge in [-0.1, -0.05) is 0 Å². The summed E-state index contributed by atoms with van der Waals surface area (Å²) in [7, 11) is 0. The molecule has 0 aromatic carbocycles. The van der Waals surface area contributed by atoms with Crippen LogP contribution in [0.25, 0.3) is 0 Å². The molecule has 1 amide bonds. The van der Waals surface area contributed by atoms with Crippen molar-refractivity contribution in [2.45, 2.75) is 51.1 Å². The van der Waals surface area contributed by atoms with Crippen molar-refractivity contribution in [3.05, 3.63) is 30.1 Å².